The van der Waals surface area contributed by atoms with Crippen molar-refractivity contribution >= 4 is 5.91 Å². The molecule has 0 fully saturated rings. The molecule has 2 aromatic rings. The van der Waals surface area contributed by atoms with E-state index in [1.165, 1.54) is 0 Å². The second-order valence-corrected chi connectivity index (χ2v) is 7.82. The third-order valence-corrected chi connectivity index (χ3v) is 4.58. The molecule has 4 heteroatoms. The third-order valence-electron chi connectivity index (χ3n) is 4.58. The van der Waals surface area contributed by atoms with Gasteiger partial charge in [-0.3, -0.25) is 4.79 Å². The molecule has 0 saturated carbocycles. The van der Waals surface area contributed by atoms with E-state index >= 15 is 0 Å². The first-order valence-corrected chi connectivity index (χ1v) is 9.30. The molecule has 1 atom stereocenters. The fourth-order valence-corrected chi connectivity index (χ4v) is 3.12. The van der Waals surface area contributed by atoms with Crippen molar-refractivity contribution in [3.8, 4) is 17.2 Å². The number of rotatable bonds is 7. The van der Waals surface area contributed by atoms with E-state index in [2.05, 4.69) is 19.2 Å². The van der Waals surface area contributed by atoms with E-state index in [1.807, 2.05) is 54.6 Å². The van der Waals surface area contributed by atoms with E-state index in [1.54, 1.807) is 13.8 Å². The molecule has 0 spiro atoms. The molecule has 1 amide bonds. The molecule has 0 saturated heterocycles. The molecule has 0 aliphatic carbocycles. The smallest absolute Gasteiger partial charge is 0.228 e. The molecule has 0 bridgehead atoms. The molecule has 1 unspecified atom stereocenters. The van der Waals surface area contributed by atoms with Crippen molar-refractivity contribution in [1.82, 2.24) is 5.32 Å². The normalized spacial score (nSPS) is 12.5. The first-order valence-electron chi connectivity index (χ1n) is 9.30. The minimum absolute atomic E-state index is 0.0194. The third kappa shape index (κ3) is 5.67. The molecule has 2 aromatic carbocycles. The van der Waals surface area contributed by atoms with E-state index in [0.29, 0.717) is 5.92 Å². The first-order chi connectivity index (χ1) is 12.7. The van der Waals surface area contributed by atoms with Crippen molar-refractivity contribution in [3.05, 3.63) is 59.7 Å². The minimum Gasteiger partial charge on any atom is -0.386 e. The van der Waals surface area contributed by atoms with Crippen LogP contribution in [-0.2, 0) is 10.4 Å². The predicted molar refractivity (Wildman–Crippen MR) is 108 cm³/mol. The number of hydrogen-bond donors (Lipinski definition) is 2. The van der Waals surface area contributed by atoms with Crippen LogP contribution < -0.4 is 5.32 Å². The van der Waals surface area contributed by atoms with Crippen LogP contribution in [0, 0.1) is 17.2 Å². The fraction of sp³-hybridized carbons (Fsp3) is 0.391. The van der Waals surface area contributed by atoms with Crippen LogP contribution in [0.25, 0.3) is 11.1 Å². The maximum Gasteiger partial charge on any atom is 0.228 e. The maximum atomic E-state index is 12.6. The topological polar surface area (TPSA) is 73.1 Å². The van der Waals surface area contributed by atoms with Crippen LogP contribution >= 0.6 is 0 Å². The highest BCUT2D eigenvalue weighted by Gasteiger charge is 2.22. The summed E-state index contributed by atoms with van der Waals surface area (Å²) < 4.78 is 0. The zero-order chi connectivity index (χ0) is 20.0. The zero-order valence-electron chi connectivity index (χ0n) is 16.5. The Kier molecular flexibility index (Phi) is 6.76. The Morgan fingerprint density at radius 1 is 1.15 bits per heavy atom. The number of nitrogens with one attached hydrogen (secondary N) is 1. The summed E-state index contributed by atoms with van der Waals surface area (Å²) in [5, 5.41) is 21.5. The quantitative estimate of drug-likeness (QED) is 0.717. The SMILES string of the molecule is CC(C)CC(C(=O)NCC#N)c1cccc(-c2ccc(C(C)(C)O)cc2)c1. The summed E-state index contributed by atoms with van der Waals surface area (Å²) in [5.41, 5.74) is 2.99. The Hall–Kier alpha value is -2.64. The van der Waals surface area contributed by atoms with Gasteiger partial charge in [0, 0.05) is 0 Å². The number of carbonyl (C=O) groups excluding carboxylic acids is 1. The molecule has 0 radical (unpaired) electrons. The summed E-state index contributed by atoms with van der Waals surface area (Å²) in [7, 11) is 0. The highest BCUT2D eigenvalue weighted by Crippen LogP contribution is 2.30. The molecule has 0 aliphatic heterocycles. The van der Waals surface area contributed by atoms with Crippen LogP contribution in [0.5, 0.6) is 0 Å². The highest BCUT2D eigenvalue weighted by atomic mass is 16.3. The van der Waals surface area contributed by atoms with Gasteiger partial charge in [-0.1, -0.05) is 62.4 Å². The number of hydrogen-bond acceptors (Lipinski definition) is 3. The molecule has 4 nitrogen and oxygen atoms in total. The van der Waals surface area contributed by atoms with Crippen molar-refractivity contribution in [2.24, 2.45) is 5.92 Å². The molecule has 0 aromatic heterocycles. The van der Waals surface area contributed by atoms with Gasteiger partial charge in [0.2, 0.25) is 5.91 Å². The molecule has 2 rings (SSSR count). The monoisotopic (exact) mass is 364 g/mol. The van der Waals surface area contributed by atoms with Crippen LogP contribution in [0.3, 0.4) is 0 Å². The lowest BCUT2D eigenvalue weighted by Crippen LogP contribution is -2.30. The molecule has 2 N–H and O–H groups in total. The van der Waals surface area contributed by atoms with Gasteiger partial charge in [0.1, 0.15) is 6.54 Å². The summed E-state index contributed by atoms with van der Waals surface area (Å²) in [5.74, 6) is -0.0358. The Balaban J connectivity index is 2.33. The van der Waals surface area contributed by atoms with E-state index in [-0.39, 0.29) is 18.4 Å². The number of benzene rings is 2. The Labute approximate surface area is 161 Å². The van der Waals surface area contributed by atoms with Crippen LogP contribution in [0.2, 0.25) is 0 Å². The van der Waals surface area contributed by atoms with Gasteiger partial charge in [0.15, 0.2) is 0 Å². The molecule has 0 heterocycles. The predicted octanol–water partition coefficient (Wildman–Crippen LogP) is 4.35. The average Bonchev–Trinajstić information content (AvgIpc) is 2.63. The standard InChI is InChI=1S/C23H28N2O2/c1-16(2)14-21(22(26)25-13-12-24)19-7-5-6-18(15-19)17-8-10-20(11-9-17)23(3,4)27/h5-11,15-16,21,27H,13-14H2,1-4H3,(H,25,26). The van der Waals surface area contributed by atoms with Crippen molar-refractivity contribution in [1.29, 1.82) is 5.26 Å². The maximum absolute atomic E-state index is 12.6. The fourth-order valence-electron chi connectivity index (χ4n) is 3.12. The Morgan fingerprint density at radius 2 is 1.81 bits per heavy atom. The van der Waals surface area contributed by atoms with E-state index in [0.717, 1.165) is 28.7 Å². The first kappa shape index (κ1) is 20.7. The average molecular weight is 364 g/mol. The molecule has 142 valence electrons. The molecule has 27 heavy (non-hydrogen) atoms. The van der Waals surface area contributed by atoms with Gasteiger partial charge in [-0.15, -0.1) is 0 Å². The van der Waals surface area contributed by atoms with Gasteiger partial charge < -0.3 is 10.4 Å². The van der Waals surface area contributed by atoms with Crippen LogP contribution in [0.15, 0.2) is 48.5 Å². The van der Waals surface area contributed by atoms with Gasteiger partial charge in [0.05, 0.1) is 17.6 Å². The Bertz CT molecular complexity index is 812. The summed E-state index contributed by atoms with van der Waals surface area (Å²) in [6, 6.07) is 17.8. The molecule has 0 aliphatic rings. The number of nitriles is 1. The summed E-state index contributed by atoms with van der Waals surface area (Å²) in [4.78, 5) is 12.6. The Morgan fingerprint density at radius 3 is 2.37 bits per heavy atom. The van der Waals surface area contributed by atoms with Gasteiger partial charge in [0.25, 0.3) is 0 Å². The highest BCUT2D eigenvalue weighted by molar-refractivity contribution is 5.84. The van der Waals surface area contributed by atoms with Crippen LogP contribution in [0.1, 0.15) is 51.2 Å². The van der Waals surface area contributed by atoms with E-state index in [9.17, 15) is 9.90 Å². The second-order valence-electron chi connectivity index (χ2n) is 7.82. The van der Waals surface area contributed by atoms with Crippen molar-refractivity contribution in [3.63, 3.8) is 0 Å². The summed E-state index contributed by atoms with van der Waals surface area (Å²) in [6.07, 6.45) is 0.721. The van der Waals surface area contributed by atoms with Crippen molar-refractivity contribution < 1.29 is 9.90 Å². The van der Waals surface area contributed by atoms with Crippen LogP contribution in [-0.4, -0.2) is 17.6 Å². The largest absolute Gasteiger partial charge is 0.386 e. The van der Waals surface area contributed by atoms with Gasteiger partial charge in [-0.05, 0) is 48.4 Å². The lowest BCUT2D eigenvalue weighted by Gasteiger charge is -2.20. The van der Waals surface area contributed by atoms with Crippen molar-refractivity contribution in [2.75, 3.05) is 6.54 Å². The molecular formula is C23H28N2O2. The van der Waals surface area contributed by atoms with Gasteiger partial charge >= 0.3 is 0 Å². The minimum atomic E-state index is -0.873. The number of amides is 1. The number of carbonyl (C=O) groups is 1. The lowest BCUT2D eigenvalue weighted by molar-refractivity contribution is -0.122. The number of nitrogens with zero attached hydrogens (tertiary/aromatic N) is 1. The summed E-state index contributed by atoms with van der Waals surface area (Å²) in [6.45, 7) is 7.72. The molecular weight excluding hydrogens is 336 g/mol. The number of aliphatic hydroxyl groups is 1. The van der Waals surface area contributed by atoms with Crippen LogP contribution in [0.4, 0.5) is 0 Å². The lowest BCUT2D eigenvalue weighted by atomic mass is 9.87. The zero-order valence-corrected chi connectivity index (χ0v) is 16.5. The summed E-state index contributed by atoms with van der Waals surface area (Å²) >= 11 is 0. The van der Waals surface area contributed by atoms with E-state index < -0.39 is 5.60 Å². The van der Waals surface area contributed by atoms with Gasteiger partial charge in [-0.2, -0.15) is 5.26 Å². The van der Waals surface area contributed by atoms with E-state index in [4.69, 9.17) is 5.26 Å². The van der Waals surface area contributed by atoms with Gasteiger partial charge in [-0.25, -0.2) is 0 Å². The van der Waals surface area contributed by atoms with Crippen molar-refractivity contribution in [2.45, 2.75) is 45.6 Å². The second kappa shape index (κ2) is 8.83.